The summed E-state index contributed by atoms with van der Waals surface area (Å²) < 4.78 is 46.6. The van der Waals surface area contributed by atoms with E-state index >= 15 is 0 Å². The summed E-state index contributed by atoms with van der Waals surface area (Å²) in [6, 6.07) is 13.8. The number of amides is 1. The van der Waals surface area contributed by atoms with Crippen LogP contribution >= 0.6 is 0 Å². The standard InChI is InChI=1S/C23H17F3N4O3/c1-13-7-9-14(10-8-13)18-11-19(23(24,25)26)30-20(28-18)16(12-27-30)21(31)29-17-6-4-3-5-15(17)22(32)33-2/h3-12H,1-2H3,(H,29,31). The molecule has 0 spiro atoms. The van der Waals surface area contributed by atoms with E-state index in [4.69, 9.17) is 4.74 Å². The van der Waals surface area contributed by atoms with E-state index < -0.39 is 23.7 Å². The molecule has 0 atom stereocenters. The average Bonchev–Trinajstić information content (AvgIpc) is 3.22. The van der Waals surface area contributed by atoms with E-state index in [0.717, 1.165) is 17.8 Å². The molecule has 1 amide bonds. The second-order valence-electron chi connectivity index (χ2n) is 7.18. The molecule has 10 heteroatoms. The first-order chi connectivity index (χ1) is 15.7. The molecule has 0 saturated heterocycles. The molecule has 0 aliphatic rings. The second-order valence-corrected chi connectivity index (χ2v) is 7.18. The molecule has 0 unspecified atom stereocenters. The third-order valence-electron chi connectivity index (χ3n) is 4.93. The van der Waals surface area contributed by atoms with Crippen molar-refractivity contribution < 1.29 is 27.5 Å². The van der Waals surface area contributed by atoms with Crippen LogP contribution < -0.4 is 5.32 Å². The number of nitrogens with one attached hydrogen (secondary N) is 1. The normalized spacial score (nSPS) is 11.4. The summed E-state index contributed by atoms with van der Waals surface area (Å²) in [6.45, 7) is 1.85. The molecule has 0 saturated carbocycles. The Morgan fingerprint density at radius 3 is 2.39 bits per heavy atom. The lowest BCUT2D eigenvalue weighted by Gasteiger charge is -2.12. The van der Waals surface area contributed by atoms with Gasteiger partial charge in [0, 0.05) is 5.56 Å². The molecule has 2 aromatic heterocycles. The Morgan fingerprint density at radius 1 is 1.03 bits per heavy atom. The zero-order valence-corrected chi connectivity index (χ0v) is 17.5. The molecule has 1 N–H and O–H groups in total. The van der Waals surface area contributed by atoms with Crippen molar-refractivity contribution in [2.75, 3.05) is 12.4 Å². The van der Waals surface area contributed by atoms with Crippen LogP contribution in [0.2, 0.25) is 0 Å². The van der Waals surface area contributed by atoms with Crippen molar-refractivity contribution >= 4 is 23.2 Å². The molecule has 2 aromatic carbocycles. The van der Waals surface area contributed by atoms with Gasteiger partial charge in [-0.15, -0.1) is 0 Å². The number of anilines is 1. The van der Waals surface area contributed by atoms with Crippen molar-refractivity contribution in [3.05, 3.63) is 83.2 Å². The summed E-state index contributed by atoms with van der Waals surface area (Å²) in [5, 5.41) is 6.28. The SMILES string of the molecule is COC(=O)c1ccccc1NC(=O)c1cnn2c(C(F)(F)F)cc(-c3ccc(C)cc3)nc12. The summed E-state index contributed by atoms with van der Waals surface area (Å²) in [7, 11) is 1.20. The van der Waals surface area contributed by atoms with Crippen molar-refractivity contribution in [2.24, 2.45) is 0 Å². The lowest BCUT2D eigenvalue weighted by molar-refractivity contribution is -0.142. The van der Waals surface area contributed by atoms with Gasteiger partial charge in [-0.3, -0.25) is 4.79 Å². The molecule has 4 aromatic rings. The Bertz CT molecular complexity index is 1360. The quantitative estimate of drug-likeness (QED) is 0.450. The second kappa shape index (κ2) is 8.38. The molecular weight excluding hydrogens is 437 g/mol. The number of aromatic nitrogens is 3. The van der Waals surface area contributed by atoms with Crippen molar-refractivity contribution in [3.63, 3.8) is 0 Å². The predicted molar refractivity (Wildman–Crippen MR) is 114 cm³/mol. The maximum Gasteiger partial charge on any atom is 0.433 e. The van der Waals surface area contributed by atoms with Crippen LogP contribution in [-0.2, 0) is 10.9 Å². The fourth-order valence-corrected chi connectivity index (χ4v) is 3.27. The summed E-state index contributed by atoms with van der Waals surface area (Å²) in [6.07, 6.45) is -3.73. The minimum Gasteiger partial charge on any atom is -0.465 e. The van der Waals surface area contributed by atoms with Gasteiger partial charge in [-0.25, -0.2) is 14.3 Å². The van der Waals surface area contributed by atoms with Gasteiger partial charge in [0.15, 0.2) is 11.3 Å². The number of carbonyl (C=O) groups excluding carboxylic acids is 2. The van der Waals surface area contributed by atoms with E-state index in [0.29, 0.717) is 10.1 Å². The Morgan fingerprint density at radius 2 is 1.73 bits per heavy atom. The molecule has 7 nitrogen and oxygen atoms in total. The van der Waals surface area contributed by atoms with Crippen LogP contribution in [0.15, 0.2) is 60.8 Å². The number of halogens is 3. The summed E-state index contributed by atoms with van der Waals surface area (Å²) >= 11 is 0. The number of aryl methyl sites for hydroxylation is 1. The monoisotopic (exact) mass is 454 g/mol. The van der Waals surface area contributed by atoms with E-state index in [-0.39, 0.29) is 28.2 Å². The third kappa shape index (κ3) is 4.27. The van der Waals surface area contributed by atoms with E-state index in [1.807, 2.05) is 6.92 Å². The number of hydrogen-bond donors (Lipinski definition) is 1. The Hall–Kier alpha value is -4.21. The topological polar surface area (TPSA) is 85.6 Å². The fourth-order valence-electron chi connectivity index (χ4n) is 3.27. The molecule has 0 bridgehead atoms. The number of benzene rings is 2. The molecule has 168 valence electrons. The van der Waals surface area contributed by atoms with Crippen LogP contribution in [0, 0.1) is 6.92 Å². The fraction of sp³-hybridized carbons (Fsp3) is 0.130. The van der Waals surface area contributed by atoms with Crippen LogP contribution in [0.3, 0.4) is 0 Å². The third-order valence-corrected chi connectivity index (χ3v) is 4.93. The van der Waals surface area contributed by atoms with Gasteiger partial charge in [-0.1, -0.05) is 42.0 Å². The number of rotatable bonds is 4. The Labute approximate surface area is 185 Å². The highest BCUT2D eigenvalue weighted by atomic mass is 19.4. The van der Waals surface area contributed by atoms with Gasteiger partial charge < -0.3 is 10.1 Å². The van der Waals surface area contributed by atoms with Gasteiger partial charge in [-0.05, 0) is 25.1 Å². The molecule has 0 aliphatic carbocycles. The number of carbonyl (C=O) groups is 2. The van der Waals surface area contributed by atoms with Crippen molar-refractivity contribution in [1.29, 1.82) is 0 Å². The van der Waals surface area contributed by atoms with Crippen LogP contribution in [0.4, 0.5) is 18.9 Å². The number of esters is 1. The number of hydrogen-bond acceptors (Lipinski definition) is 5. The predicted octanol–water partition coefficient (Wildman–Crippen LogP) is 4.76. The number of fused-ring (bicyclic) bond motifs is 1. The van der Waals surface area contributed by atoms with Crippen LogP contribution in [-0.4, -0.2) is 33.6 Å². The lowest BCUT2D eigenvalue weighted by atomic mass is 10.1. The molecule has 33 heavy (non-hydrogen) atoms. The highest BCUT2D eigenvalue weighted by Gasteiger charge is 2.36. The zero-order chi connectivity index (χ0) is 23.8. The van der Waals surface area contributed by atoms with Gasteiger partial charge in [0.05, 0.1) is 30.3 Å². The number of methoxy groups -OCH3 is 1. The molecule has 4 rings (SSSR count). The highest BCUT2D eigenvalue weighted by Crippen LogP contribution is 2.33. The molecule has 2 heterocycles. The van der Waals surface area contributed by atoms with Crippen LogP contribution in [0.25, 0.3) is 16.9 Å². The summed E-state index contributed by atoms with van der Waals surface area (Å²) in [5.74, 6) is -1.45. The van der Waals surface area contributed by atoms with E-state index in [9.17, 15) is 22.8 Å². The van der Waals surface area contributed by atoms with E-state index in [1.165, 1.54) is 19.2 Å². The largest absolute Gasteiger partial charge is 0.465 e. The maximum absolute atomic E-state index is 13.8. The first-order valence-electron chi connectivity index (χ1n) is 9.70. The van der Waals surface area contributed by atoms with Gasteiger partial charge in [-0.2, -0.15) is 18.3 Å². The zero-order valence-electron chi connectivity index (χ0n) is 17.5. The maximum atomic E-state index is 13.8. The minimum absolute atomic E-state index is 0.0411. The molecular formula is C23H17F3N4O3. The van der Waals surface area contributed by atoms with Gasteiger partial charge in [0.1, 0.15) is 5.56 Å². The van der Waals surface area contributed by atoms with Crippen molar-refractivity contribution in [3.8, 4) is 11.3 Å². The van der Waals surface area contributed by atoms with Gasteiger partial charge in [0.25, 0.3) is 5.91 Å². The Balaban J connectivity index is 1.82. The Kier molecular flexibility index (Phi) is 5.59. The number of ether oxygens (including phenoxy) is 1. The van der Waals surface area contributed by atoms with Gasteiger partial charge >= 0.3 is 12.1 Å². The van der Waals surface area contributed by atoms with Crippen molar-refractivity contribution in [2.45, 2.75) is 13.1 Å². The first kappa shape index (κ1) is 22.0. The molecule has 0 radical (unpaired) electrons. The highest BCUT2D eigenvalue weighted by molar-refractivity contribution is 6.10. The summed E-state index contributed by atoms with van der Waals surface area (Å²) in [4.78, 5) is 29.2. The molecule has 0 aliphatic heterocycles. The lowest BCUT2D eigenvalue weighted by Crippen LogP contribution is -2.17. The number of alkyl halides is 3. The minimum atomic E-state index is -4.74. The smallest absolute Gasteiger partial charge is 0.433 e. The summed E-state index contributed by atoms with van der Waals surface area (Å²) in [5.41, 5.74) is 0.134. The van der Waals surface area contributed by atoms with Crippen LogP contribution in [0.1, 0.15) is 32.0 Å². The van der Waals surface area contributed by atoms with E-state index in [2.05, 4.69) is 15.4 Å². The van der Waals surface area contributed by atoms with Crippen LogP contribution in [0.5, 0.6) is 0 Å². The molecule has 0 fully saturated rings. The first-order valence-corrected chi connectivity index (χ1v) is 9.70. The number of nitrogens with zero attached hydrogens (tertiary/aromatic N) is 3. The van der Waals surface area contributed by atoms with Crippen molar-refractivity contribution in [1.82, 2.24) is 14.6 Å². The van der Waals surface area contributed by atoms with E-state index in [1.54, 1.807) is 36.4 Å². The number of para-hydroxylation sites is 1. The van der Waals surface area contributed by atoms with Gasteiger partial charge in [0.2, 0.25) is 0 Å². The average molecular weight is 454 g/mol.